The fourth-order valence-corrected chi connectivity index (χ4v) is 5.22. The second-order valence-electron chi connectivity index (χ2n) is 11.9. The molecule has 1 saturated heterocycles. The summed E-state index contributed by atoms with van der Waals surface area (Å²) in [6.07, 6.45) is 1.44. The van der Waals surface area contributed by atoms with Gasteiger partial charge in [-0.3, -0.25) is 0 Å². The highest BCUT2D eigenvalue weighted by Gasteiger charge is 2.41. The van der Waals surface area contributed by atoms with E-state index in [1.165, 1.54) is 0 Å². The molecule has 0 unspecified atom stereocenters. The summed E-state index contributed by atoms with van der Waals surface area (Å²) in [5, 5.41) is 0.423. The first-order valence-corrected chi connectivity index (χ1v) is 17.6. The van der Waals surface area contributed by atoms with Crippen molar-refractivity contribution in [3.05, 3.63) is 35.9 Å². The maximum atomic E-state index is 6.43. The van der Waals surface area contributed by atoms with Gasteiger partial charge in [0.2, 0.25) is 0 Å². The Kier molecular flexibility index (Phi) is 8.78. The lowest BCUT2D eigenvalue weighted by Crippen LogP contribution is -2.42. The van der Waals surface area contributed by atoms with E-state index in [4.69, 9.17) is 18.3 Å². The van der Waals surface area contributed by atoms with Crippen LogP contribution in [0.1, 0.15) is 66.2 Å². The molecule has 2 atom stereocenters. The number of rotatable bonds is 9. The first-order valence-electron chi connectivity index (χ1n) is 11.8. The Bertz CT molecular complexity index is 637. The highest BCUT2D eigenvalue weighted by molar-refractivity contribution is 6.74. The van der Waals surface area contributed by atoms with Crippen LogP contribution >= 0.6 is 0 Å². The maximum absolute atomic E-state index is 6.43. The van der Waals surface area contributed by atoms with Crippen LogP contribution in [0.2, 0.25) is 36.3 Å². The number of benzene rings is 1. The third-order valence-electron chi connectivity index (χ3n) is 7.43. The molecule has 1 aliphatic rings. The van der Waals surface area contributed by atoms with E-state index in [0.29, 0.717) is 13.2 Å². The molecule has 1 fully saturated rings. The van der Waals surface area contributed by atoms with Crippen molar-refractivity contribution in [1.82, 2.24) is 0 Å². The zero-order valence-electron chi connectivity index (χ0n) is 21.6. The molecule has 0 saturated carbocycles. The molecule has 0 spiro atoms. The van der Waals surface area contributed by atoms with Gasteiger partial charge in [0.05, 0.1) is 12.2 Å². The van der Waals surface area contributed by atoms with Crippen LogP contribution < -0.4 is 0 Å². The van der Waals surface area contributed by atoms with Crippen molar-refractivity contribution in [3.8, 4) is 0 Å². The van der Waals surface area contributed by atoms with Crippen molar-refractivity contribution in [2.24, 2.45) is 0 Å². The smallest absolute Gasteiger partial charge is 0.191 e. The molecule has 0 aliphatic carbocycles. The predicted molar refractivity (Wildman–Crippen MR) is 134 cm³/mol. The number of hydrogen-bond donors (Lipinski definition) is 0. The van der Waals surface area contributed by atoms with E-state index in [-0.39, 0.29) is 28.6 Å². The first-order chi connectivity index (χ1) is 14.1. The predicted octanol–water partition coefficient (Wildman–Crippen LogP) is 7.29. The minimum Gasteiger partial charge on any atom is -0.417 e. The van der Waals surface area contributed by atoms with Crippen LogP contribution in [0.3, 0.4) is 0 Å². The minimum absolute atomic E-state index is 0.0259. The second-order valence-corrected chi connectivity index (χ2v) is 21.5. The molecule has 1 heterocycles. The van der Waals surface area contributed by atoms with Crippen molar-refractivity contribution in [2.75, 3.05) is 13.2 Å². The molecule has 0 amide bonds. The molecule has 1 aliphatic heterocycles. The normalized spacial score (nSPS) is 21.6. The van der Waals surface area contributed by atoms with Gasteiger partial charge in [-0.1, -0.05) is 71.9 Å². The van der Waals surface area contributed by atoms with Crippen molar-refractivity contribution >= 4 is 16.6 Å². The van der Waals surface area contributed by atoms with Crippen LogP contribution in [0.15, 0.2) is 30.3 Å². The number of ether oxygens (including phenoxy) is 2. The maximum Gasteiger partial charge on any atom is 0.191 e. The molecular weight excluding hydrogens is 420 g/mol. The zero-order valence-corrected chi connectivity index (χ0v) is 23.6. The topological polar surface area (TPSA) is 36.9 Å². The lowest BCUT2D eigenvalue weighted by molar-refractivity contribution is -0.0717. The number of hydrogen-bond acceptors (Lipinski definition) is 4. The van der Waals surface area contributed by atoms with Gasteiger partial charge in [0.25, 0.3) is 0 Å². The summed E-state index contributed by atoms with van der Waals surface area (Å²) >= 11 is 0. The Morgan fingerprint density at radius 3 is 1.45 bits per heavy atom. The third-order valence-corrected chi connectivity index (χ3v) is 16.5. The van der Waals surface area contributed by atoms with Crippen LogP contribution in [-0.2, 0) is 18.3 Å². The molecule has 1 aromatic rings. The van der Waals surface area contributed by atoms with E-state index >= 15 is 0 Å². The highest BCUT2D eigenvalue weighted by atomic mass is 28.4. The average Bonchev–Trinajstić information content (AvgIpc) is 3.03. The largest absolute Gasteiger partial charge is 0.417 e. The Morgan fingerprint density at radius 1 is 0.710 bits per heavy atom. The van der Waals surface area contributed by atoms with Crippen LogP contribution in [-0.4, -0.2) is 42.1 Å². The Morgan fingerprint density at radius 2 is 1.10 bits per heavy atom. The molecule has 2 rings (SSSR count). The van der Waals surface area contributed by atoms with Gasteiger partial charge in [0.15, 0.2) is 22.9 Å². The van der Waals surface area contributed by atoms with E-state index < -0.39 is 16.6 Å². The molecule has 4 nitrogen and oxygen atoms in total. The monoisotopic (exact) mass is 466 g/mol. The molecule has 0 bridgehead atoms. The quantitative estimate of drug-likeness (QED) is 0.358. The third kappa shape index (κ3) is 7.24. The lowest BCUT2D eigenvalue weighted by Gasteiger charge is -2.37. The van der Waals surface area contributed by atoms with Crippen molar-refractivity contribution < 1.29 is 18.3 Å². The van der Waals surface area contributed by atoms with Gasteiger partial charge in [0.1, 0.15) is 0 Å². The van der Waals surface area contributed by atoms with Crippen molar-refractivity contribution in [3.63, 3.8) is 0 Å². The fourth-order valence-electron chi connectivity index (χ4n) is 3.09. The first kappa shape index (κ1) is 26.7. The van der Waals surface area contributed by atoms with Crippen LogP contribution in [0.4, 0.5) is 0 Å². The summed E-state index contributed by atoms with van der Waals surface area (Å²) in [7, 11) is -3.53. The molecule has 0 N–H and O–H groups in total. The summed E-state index contributed by atoms with van der Waals surface area (Å²) in [4.78, 5) is 0. The highest BCUT2D eigenvalue weighted by Crippen LogP contribution is 2.39. The SMILES string of the molecule is CC(C)(C)[Si](C)(C)OCC[C@H]1OC(c2ccccc2)O[C@@H]1CCO[Si](C)(C)C(C)(C)C. The van der Waals surface area contributed by atoms with Gasteiger partial charge in [-0.05, 0) is 49.1 Å². The zero-order chi connectivity index (χ0) is 23.5. The molecule has 6 heteroatoms. The molecule has 1 aromatic carbocycles. The van der Waals surface area contributed by atoms with Gasteiger partial charge in [-0.15, -0.1) is 0 Å². The van der Waals surface area contributed by atoms with Crippen molar-refractivity contribution in [2.45, 2.75) is 109 Å². The van der Waals surface area contributed by atoms with E-state index in [9.17, 15) is 0 Å². The van der Waals surface area contributed by atoms with E-state index in [2.05, 4.69) is 79.9 Å². The lowest BCUT2D eigenvalue weighted by atomic mass is 10.1. The Balaban J connectivity index is 2.00. The molecule has 0 radical (unpaired) electrons. The van der Waals surface area contributed by atoms with E-state index in [0.717, 1.165) is 18.4 Å². The Hall–Kier alpha value is -0.506. The van der Waals surface area contributed by atoms with Crippen LogP contribution in [0, 0.1) is 0 Å². The molecule has 31 heavy (non-hydrogen) atoms. The van der Waals surface area contributed by atoms with Gasteiger partial charge < -0.3 is 18.3 Å². The van der Waals surface area contributed by atoms with Gasteiger partial charge in [-0.25, -0.2) is 0 Å². The summed E-state index contributed by atoms with van der Waals surface area (Å²) in [5.74, 6) is 0. The fraction of sp³-hybridized carbons (Fsp3) is 0.760. The van der Waals surface area contributed by atoms with E-state index in [1.54, 1.807) is 0 Å². The second kappa shape index (κ2) is 10.2. The standard InChI is InChI=1S/C25H46O4Si2/c1-24(2,3)30(7,8)26-18-16-21-22(17-19-27-31(9,10)25(4,5)6)29-23(28-21)20-14-12-11-13-15-20/h11-15,21-23H,16-19H2,1-10H3/t21-,22-/m1/s1. The Labute approximate surface area is 193 Å². The molecule has 0 aromatic heterocycles. The molecular formula is C25H46O4Si2. The van der Waals surface area contributed by atoms with Gasteiger partial charge in [0, 0.05) is 18.8 Å². The van der Waals surface area contributed by atoms with Crippen molar-refractivity contribution in [1.29, 1.82) is 0 Å². The van der Waals surface area contributed by atoms with Crippen LogP contribution in [0.25, 0.3) is 0 Å². The summed E-state index contributed by atoms with van der Waals surface area (Å²) in [6.45, 7) is 24.3. The summed E-state index contributed by atoms with van der Waals surface area (Å²) < 4.78 is 25.6. The summed E-state index contributed by atoms with van der Waals surface area (Å²) in [5.41, 5.74) is 1.07. The van der Waals surface area contributed by atoms with Gasteiger partial charge in [-0.2, -0.15) is 0 Å². The minimum atomic E-state index is -1.77. The average molecular weight is 467 g/mol. The van der Waals surface area contributed by atoms with Crippen LogP contribution in [0.5, 0.6) is 0 Å². The van der Waals surface area contributed by atoms with Gasteiger partial charge >= 0.3 is 0 Å². The van der Waals surface area contributed by atoms with E-state index in [1.807, 2.05) is 18.2 Å². The molecule has 178 valence electrons. The summed E-state index contributed by atoms with van der Waals surface area (Å²) in [6, 6.07) is 10.2.